The zero-order valence-electron chi connectivity index (χ0n) is 9.58. The summed E-state index contributed by atoms with van der Waals surface area (Å²) < 4.78 is 0.645. The number of benzene rings is 1. The lowest BCUT2D eigenvalue weighted by molar-refractivity contribution is 0.102. The van der Waals surface area contributed by atoms with E-state index in [0.717, 1.165) is 5.56 Å². The number of hydrogen-bond acceptors (Lipinski definition) is 2. The molecule has 18 heavy (non-hydrogen) atoms. The SMILES string of the molecule is Cc1cccc(C(=O)Nc2cnc(Cl)c(Br)c2)c1. The number of anilines is 1. The minimum Gasteiger partial charge on any atom is -0.321 e. The van der Waals surface area contributed by atoms with Gasteiger partial charge in [0.1, 0.15) is 5.15 Å². The van der Waals surface area contributed by atoms with Gasteiger partial charge < -0.3 is 5.32 Å². The molecule has 2 rings (SSSR count). The summed E-state index contributed by atoms with van der Waals surface area (Å²) in [7, 11) is 0. The predicted molar refractivity (Wildman–Crippen MR) is 76.1 cm³/mol. The highest BCUT2D eigenvalue weighted by Crippen LogP contribution is 2.23. The second-order valence-corrected chi connectivity index (χ2v) is 5.03. The fourth-order valence-electron chi connectivity index (χ4n) is 1.48. The van der Waals surface area contributed by atoms with Crippen molar-refractivity contribution < 1.29 is 4.79 Å². The Morgan fingerprint density at radius 1 is 1.39 bits per heavy atom. The second kappa shape index (κ2) is 5.50. The van der Waals surface area contributed by atoms with Gasteiger partial charge in [-0.1, -0.05) is 29.3 Å². The molecule has 0 atom stereocenters. The van der Waals surface area contributed by atoms with Crippen molar-refractivity contribution in [2.75, 3.05) is 5.32 Å². The van der Waals surface area contributed by atoms with Crippen LogP contribution in [0.15, 0.2) is 41.0 Å². The number of rotatable bonds is 2. The van der Waals surface area contributed by atoms with Crippen LogP contribution in [0.5, 0.6) is 0 Å². The van der Waals surface area contributed by atoms with Gasteiger partial charge in [-0.15, -0.1) is 0 Å². The fourth-order valence-corrected chi connectivity index (χ4v) is 1.93. The molecule has 0 aliphatic carbocycles. The van der Waals surface area contributed by atoms with E-state index in [1.165, 1.54) is 6.20 Å². The summed E-state index contributed by atoms with van der Waals surface area (Å²) in [5.74, 6) is -0.172. The molecule has 0 aliphatic rings. The number of aromatic nitrogens is 1. The van der Waals surface area contributed by atoms with Gasteiger partial charge in [-0.2, -0.15) is 0 Å². The van der Waals surface area contributed by atoms with E-state index in [9.17, 15) is 4.79 Å². The summed E-state index contributed by atoms with van der Waals surface area (Å²) >= 11 is 9.04. The van der Waals surface area contributed by atoms with Crippen LogP contribution in [-0.2, 0) is 0 Å². The van der Waals surface area contributed by atoms with Crippen LogP contribution in [0.3, 0.4) is 0 Å². The second-order valence-electron chi connectivity index (χ2n) is 3.82. The normalized spacial score (nSPS) is 10.2. The fraction of sp³-hybridized carbons (Fsp3) is 0.0769. The Labute approximate surface area is 118 Å². The van der Waals surface area contributed by atoms with Gasteiger partial charge in [0, 0.05) is 5.56 Å². The summed E-state index contributed by atoms with van der Waals surface area (Å²) in [5.41, 5.74) is 2.25. The monoisotopic (exact) mass is 324 g/mol. The van der Waals surface area contributed by atoms with Crippen LogP contribution in [0.25, 0.3) is 0 Å². The highest BCUT2D eigenvalue weighted by atomic mass is 79.9. The van der Waals surface area contributed by atoms with E-state index in [-0.39, 0.29) is 5.91 Å². The third-order valence-electron chi connectivity index (χ3n) is 2.33. The number of nitrogens with zero attached hydrogens (tertiary/aromatic N) is 1. The number of amides is 1. The van der Waals surface area contributed by atoms with Gasteiger partial charge in [0.2, 0.25) is 0 Å². The number of nitrogens with one attached hydrogen (secondary N) is 1. The Kier molecular flexibility index (Phi) is 3.99. The van der Waals surface area contributed by atoms with E-state index in [1.54, 1.807) is 12.1 Å². The van der Waals surface area contributed by atoms with E-state index >= 15 is 0 Å². The minimum absolute atomic E-state index is 0.172. The molecule has 92 valence electrons. The molecule has 3 nitrogen and oxygen atoms in total. The Hall–Kier alpha value is -1.39. The summed E-state index contributed by atoms with van der Waals surface area (Å²) in [5, 5.41) is 3.13. The molecule has 0 radical (unpaired) electrons. The maximum absolute atomic E-state index is 12.0. The predicted octanol–water partition coefficient (Wildman–Crippen LogP) is 4.06. The van der Waals surface area contributed by atoms with Crippen LogP contribution in [0.4, 0.5) is 5.69 Å². The van der Waals surface area contributed by atoms with Gasteiger partial charge in [0.15, 0.2) is 0 Å². The van der Waals surface area contributed by atoms with Crippen molar-refractivity contribution in [1.82, 2.24) is 4.98 Å². The molecule has 2 aromatic rings. The van der Waals surface area contributed by atoms with Crippen molar-refractivity contribution in [3.63, 3.8) is 0 Å². The van der Waals surface area contributed by atoms with E-state index < -0.39 is 0 Å². The first-order chi connectivity index (χ1) is 8.56. The minimum atomic E-state index is -0.172. The lowest BCUT2D eigenvalue weighted by Gasteiger charge is -2.06. The maximum Gasteiger partial charge on any atom is 0.255 e. The lowest BCUT2D eigenvalue weighted by Crippen LogP contribution is -2.12. The van der Waals surface area contributed by atoms with E-state index in [4.69, 9.17) is 11.6 Å². The smallest absolute Gasteiger partial charge is 0.255 e. The standard InChI is InChI=1S/C13H10BrClN2O/c1-8-3-2-4-9(5-8)13(18)17-10-6-11(14)12(15)16-7-10/h2-7H,1H3,(H,17,18). The number of halogens is 2. The molecule has 0 saturated heterocycles. The van der Waals surface area contributed by atoms with Gasteiger partial charge >= 0.3 is 0 Å². The van der Waals surface area contributed by atoms with Gasteiger partial charge in [-0.3, -0.25) is 4.79 Å². The molecule has 0 aliphatic heterocycles. The largest absolute Gasteiger partial charge is 0.321 e. The van der Waals surface area contributed by atoms with Crippen molar-refractivity contribution in [1.29, 1.82) is 0 Å². The molecule has 5 heteroatoms. The molecule has 1 amide bonds. The molecule has 1 aromatic heterocycles. The van der Waals surface area contributed by atoms with Crippen molar-refractivity contribution >= 4 is 39.1 Å². The van der Waals surface area contributed by atoms with Crippen LogP contribution in [0.1, 0.15) is 15.9 Å². The van der Waals surface area contributed by atoms with Crippen LogP contribution in [0.2, 0.25) is 5.15 Å². The molecular formula is C13H10BrClN2O. The van der Waals surface area contributed by atoms with E-state index in [0.29, 0.717) is 20.9 Å². The number of hydrogen-bond donors (Lipinski definition) is 1. The molecule has 0 saturated carbocycles. The Bertz CT molecular complexity index is 601. The van der Waals surface area contributed by atoms with E-state index in [2.05, 4.69) is 26.2 Å². The molecule has 0 spiro atoms. The summed E-state index contributed by atoms with van der Waals surface area (Å²) in [6.45, 7) is 1.94. The summed E-state index contributed by atoms with van der Waals surface area (Å²) in [4.78, 5) is 15.9. The highest BCUT2D eigenvalue weighted by Gasteiger charge is 2.07. The molecule has 1 aromatic carbocycles. The molecule has 0 bridgehead atoms. The van der Waals surface area contributed by atoms with Crippen molar-refractivity contribution in [3.8, 4) is 0 Å². The van der Waals surface area contributed by atoms with Gasteiger partial charge in [0.05, 0.1) is 16.4 Å². The van der Waals surface area contributed by atoms with Crippen molar-refractivity contribution in [2.45, 2.75) is 6.92 Å². The quantitative estimate of drug-likeness (QED) is 0.846. The Balaban J connectivity index is 2.18. The molecule has 1 heterocycles. The first-order valence-electron chi connectivity index (χ1n) is 5.25. The van der Waals surface area contributed by atoms with Crippen LogP contribution in [-0.4, -0.2) is 10.9 Å². The zero-order chi connectivity index (χ0) is 13.1. The van der Waals surface area contributed by atoms with Gasteiger partial charge in [0.25, 0.3) is 5.91 Å². The summed E-state index contributed by atoms with van der Waals surface area (Å²) in [6, 6.07) is 9.09. The summed E-state index contributed by atoms with van der Waals surface area (Å²) in [6.07, 6.45) is 1.51. The average molecular weight is 326 g/mol. The number of aryl methyl sites for hydroxylation is 1. The van der Waals surface area contributed by atoms with Crippen molar-refractivity contribution in [3.05, 3.63) is 57.3 Å². The number of carbonyl (C=O) groups excluding carboxylic acids is 1. The molecular weight excluding hydrogens is 316 g/mol. The Morgan fingerprint density at radius 3 is 2.83 bits per heavy atom. The van der Waals surface area contributed by atoms with Crippen LogP contribution >= 0.6 is 27.5 Å². The molecule has 1 N–H and O–H groups in total. The first-order valence-corrected chi connectivity index (χ1v) is 6.42. The third-order valence-corrected chi connectivity index (χ3v) is 3.47. The number of carbonyl (C=O) groups is 1. The molecule has 0 unspecified atom stereocenters. The maximum atomic E-state index is 12.0. The zero-order valence-corrected chi connectivity index (χ0v) is 11.9. The number of pyridine rings is 1. The Morgan fingerprint density at radius 2 is 2.17 bits per heavy atom. The third kappa shape index (κ3) is 3.09. The average Bonchev–Trinajstić information content (AvgIpc) is 2.34. The van der Waals surface area contributed by atoms with Crippen LogP contribution < -0.4 is 5.32 Å². The van der Waals surface area contributed by atoms with Gasteiger partial charge in [-0.25, -0.2) is 4.98 Å². The van der Waals surface area contributed by atoms with Crippen molar-refractivity contribution in [2.24, 2.45) is 0 Å². The van der Waals surface area contributed by atoms with Crippen LogP contribution in [0, 0.1) is 6.92 Å². The van der Waals surface area contributed by atoms with E-state index in [1.807, 2.05) is 25.1 Å². The molecule has 0 fully saturated rings. The topological polar surface area (TPSA) is 42.0 Å². The first kappa shape index (κ1) is 13.1. The van der Waals surface area contributed by atoms with Gasteiger partial charge in [-0.05, 0) is 41.1 Å². The highest BCUT2D eigenvalue weighted by molar-refractivity contribution is 9.10. The lowest BCUT2D eigenvalue weighted by atomic mass is 10.1.